The maximum Gasteiger partial charge on any atom is 0.455 e. The van der Waals surface area contributed by atoms with E-state index in [9.17, 15) is 18.0 Å². The number of benzene rings is 1. The zero-order valence-corrected chi connectivity index (χ0v) is 9.92. The molecule has 0 aromatic heterocycles. The highest BCUT2D eigenvalue weighted by Crippen LogP contribution is 2.41. The summed E-state index contributed by atoms with van der Waals surface area (Å²) >= 11 is 0. The van der Waals surface area contributed by atoms with Crippen molar-refractivity contribution >= 4 is 5.78 Å². The molecule has 7 heteroatoms. The highest BCUT2D eigenvalue weighted by atomic mass is 19.4. The van der Waals surface area contributed by atoms with Crippen LogP contribution in [0.5, 0.6) is 17.2 Å². The molecule has 1 rings (SSSR count). The lowest BCUT2D eigenvalue weighted by atomic mass is 10.1. The SMILES string of the molecule is COc1ccc(C(=O)C(F)(F)F)c(OC)c1OC. The molecule has 0 unspecified atom stereocenters. The fourth-order valence-corrected chi connectivity index (χ4v) is 1.43. The van der Waals surface area contributed by atoms with Crippen LogP contribution in [0, 0.1) is 0 Å². The fraction of sp³-hybridized carbons (Fsp3) is 0.364. The summed E-state index contributed by atoms with van der Waals surface area (Å²) in [6.07, 6.45) is -4.98. The van der Waals surface area contributed by atoms with Gasteiger partial charge >= 0.3 is 6.18 Å². The van der Waals surface area contributed by atoms with E-state index in [-0.39, 0.29) is 17.2 Å². The van der Waals surface area contributed by atoms with E-state index in [2.05, 4.69) is 0 Å². The van der Waals surface area contributed by atoms with Crippen LogP contribution in [-0.2, 0) is 0 Å². The molecular formula is C11H11F3O4. The summed E-state index contributed by atoms with van der Waals surface area (Å²) in [5, 5.41) is 0. The number of rotatable bonds is 4. The maximum atomic E-state index is 12.4. The van der Waals surface area contributed by atoms with Crippen molar-refractivity contribution in [2.45, 2.75) is 6.18 Å². The quantitative estimate of drug-likeness (QED) is 0.783. The van der Waals surface area contributed by atoms with Gasteiger partial charge in [-0.2, -0.15) is 13.2 Å². The van der Waals surface area contributed by atoms with Crippen LogP contribution >= 0.6 is 0 Å². The molecule has 0 spiro atoms. The van der Waals surface area contributed by atoms with Crippen molar-refractivity contribution in [3.63, 3.8) is 0 Å². The Labute approximate surface area is 101 Å². The molecule has 0 atom stereocenters. The van der Waals surface area contributed by atoms with Crippen LogP contribution < -0.4 is 14.2 Å². The summed E-state index contributed by atoms with van der Waals surface area (Å²) in [6.45, 7) is 0. The summed E-state index contributed by atoms with van der Waals surface area (Å²) in [5.41, 5.74) is -0.623. The average molecular weight is 264 g/mol. The van der Waals surface area contributed by atoms with Gasteiger partial charge in [0, 0.05) is 0 Å². The number of carbonyl (C=O) groups is 1. The predicted molar refractivity (Wildman–Crippen MR) is 56.5 cm³/mol. The molecule has 0 aliphatic carbocycles. The molecule has 0 aliphatic rings. The molecule has 0 saturated heterocycles. The molecule has 0 bridgehead atoms. The van der Waals surface area contributed by atoms with Gasteiger partial charge in [-0.25, -0.2) is 0 Å². The Hall–Kier alpha value is -1.92. The van der Waals surface area contributed by atoms with Crippen molar-refractivity contribution in [2.24, 2.45) is 0 Å². The summed E-state index contributed by atoms with van der Waals surface area (Å²) in [7, 11) is 3.70. The molecule has 0 fully saturated rings. The average Bonchev–Trinajstić information content (AvgIpc) is 2.34. The number of ether oxygens (including phenoxy) is 3. The second-order valence-corrected chi connectivity index (χ2v) is 3.21. The number of halogens is 3. The van der Waals surface area contributed by atoms with Crippen LogP contribution in [0.2, 0.25) is 0 Å². The topological polar surface area (TPSA) is 44.8 Å². The summed E-state index contributed by atoms with van der Waals surface area (Å²) < 4.78 is 51.8. The Morgan fingerprint density at radius 3 is 1.94 bits per heavy atom. The standard InChI is InChI=1S/C11H11F3O4/c1-16-7-5-4-6(10(15)11(12,13)14)8(17-2)9(7)18-3/h4-5H,1-3H3. The second kappa shape index (κ2) is 5.16. The number of ketones is 1. The minimum absolute atomic E-state index is 0.0601. The number of alkyl halides is 3. The molecule has 100 valence electrons. The molecule has 1 aromatic rings. The van der Waals surface area contributed by atoms with Crippen LogP contribution in [0.1, 0.15) is 10.4 Å². The lowest BCUT2D eigenvalue weighted by molar-refractivity contribution is -0.0886. The second-order valence-electron chi connectivity index (χ2n) is 3.21. The molecule has 18 heavy (non-hydrogen) atoms. The van der Waals surface area contributed by atoms with Crippen molar-refractivity contribution in [2.75, 3.05) is 21.3 Å². The van der Waals surface area contributed by atoms with Gasteiger partial charge in [-0.3, -0.25) is 4.79 Å². The van der Waals surface area contributed by atoms with Gasteiger partial charge in [0.15, 0.2) is 11.5 Å². The van der Waals surface area contributed by atoms with Gasteiger partial charge in [0.2, 0.25) is 5.75 Å². The summed E-state index contributed by atoms with van der Waals surface area (Å²) in [4.78, 5) is 11.2. The van der Waals surface area contributed by atoms with Gasteiger partial charge in [0.1, 0.15) is 0 Å². The van der Waals surface area contributed by atoms with Gasteiger partial charge in [-0.15, -0.1) is 0 Å². The molecular weight excluding hydrogens is 253 g/mol. The van der Waals surface area contributed by atoms with Crippen LogP contribution in [-0.4, -0.2) is 33.3 Å². The molecule has 0 aliphatic heterocycles. The Kier molecular flexibility index (Phi) is 4.05. The van der Waals surface area contributed by atoms with Crippen molar-refractivity contribution < 1.29 is 32.2 Å². The van der Waals surface area contributed by atoms with Crippen molar-refractivity contribution in [1.29, 1.82) is 0 Å². The first kappa shape index (κ1) is 14.1. The number of methoxy groups -OCH3 is 3. The van der Waals surface area contributed by atoms with Crippen LogP contribution in [0.3, 0.4) is 0 Å². The van der Waals surface area contributed by atoms with E-state index in [0.717, 1.165) is 13.2 Å². The summed E-state index contributed by atoms with van der Waals surface area (Å²) in [6, 6.07) is 2.19. The molecule has 0 N–H and O–H groups in total. The normalized spacial score (nSPS) is 11.0. The number of carbonyl (C=O) groups excluding carboxylic acids is 1. The molecule has 0 saturated carbocycles. The van der Waals surface area contributed by atoms with Crippen LogP contribution in [0.15, 0.2) is 12.1 Å². The number of Topliss-reactive ketones (excluding diaryl/α,β-unsaturated/α-hetero) is 1. The predicted octanol–water partition coefficient (Wildman–Crippen LogP) is 2.46. The zero-order chi connectivity index (χ0) is 13.9. The Morgan fingerprint density at radius 1 is 1.00 bits per heavy atom. The monoisotopic (exact) mass is 264 g/mol. The summed E-state index contributed by atoms with van der Waals surface area (Å²) in [5.74, 6) is -2.19. The Balaban J connectivity index is 3.43. The van der Waals surface area contributed by atoms with E-state index in [0.29, 0.717) is 0 Å². The van der Waals surface area contributed by atoms with E-state index in [1.54, 1.807) is 0 Å². The largest absolute Gasteiger partial charge is 0.493 e. The minimum Gasteiger partial charge on any atom is -0.493 e. The van der Waals surface area contributed by atoms with E-state index in [1.807, 2.05) is 0 Å². The van der Waals surface area contributed by atoms with Crippen LogP contribution in [0.4, 0.5) is 13.2 Å². The van der Waals surface area contributed by atoms with E-state index in [1.165, 1.54) is 20.3 Å². The smallest absolute Gasteiger partial charge is 0.455 e. The van der Waals surface area contributed by atoms with Gasteiger partial charge in [0.05, 0.1) is 26.9 Å². The first-order valence-corrected chi connectivity index (χ1v) is 4.77. The molecule has 1 aromatic carbocycles. The van der Waals surface area contributed by atoms with Gasteiger partial charge in [-0.05, 0) is 12.1 Å². The van der Waals surface area contributed by atoms with E-state index in [4.69, 9.17) is 14.2 Å². The zero-order valence-electron chi connectivity index (χ0n) is 9.92. The molecule has 0 heterocycles. The van der Waals surface area contributed by atoms with Gasteiger partial charge in [0.25, 0.3) is 5.78 Å². The molecule has 0 radical (unpaired) electrons. The highest BCUT2D eigenvalue weighted by molar-refractivity contribution is 6.03. The first-order chi connectivity index (χ1) is 8.36. The number of hydrogen-bond donors (Lipinski definition) is 0. The molecule has 0 amide bonds. The third-order valence-electron chi connectivity index (χ3n) is 2.21. The van der Waals surface area contributed by atoms with E-state index >= 15 is 0 Å². The number of hydrogen-bond acceptors (Lipinski definition) is 4. The third-order valence-corrected chi connectivity index (χ3v) is 2.21. The van der Waals surface area contributed by atoms with Crippen LogP contribution in [0.25, 0.3) is 0 Å². The van der Waals surface area contributed by atoms with Crippen molar-refractivity contribution in [3.05, 3.63) is 17.7 Å². The van der Waals surface area contributed by atoms with Crippen molar-refractivity contribution in [3.8, 4) is 17.2 Å². The maximum absolute atomic E-state index is 12.4. The first-order valence-electron chi connectivity index (χ1n) is 4.77. The lowest BCUT2D eigenvalue weighted by Gasteiger charge is -2.15. The minimum atomic E-state index is -4.98. The van der Waals surface area contributed by atoms with Gasteiger partial charge in [-0.1, -0.05) is 0 Å². The van der Waals surface area contributed by atoms with Crippen molar-refractivity contribution in [1.82, 2.24) is 0 Å². The lowest BCUT2D eigenvalue weighted by Crippen LogP contribution is -2.23. The molecule has 4 nitrogen and oxygen atoms in total. The van der Waals surface area contributed by atoms with E-state index < -0.39 is 17.5 Å². The third kappa shape index (κ3) is 2.49. The van der Waals surface area contributed by atoms with Gasteiger partial charge < -0.3 is 14.2 Å². The fourth-order valence-electron chi connectivity index (χ4n) is 1.43. The highest BCUT2D eigenvalue weighted by Gasteiger charge is 2.41. The Morgan fingerprint density at radius 2 is 1.56 bits per heavy atom. The Bertz CT molecular complexity index is 454.